The van der Waals surface area contributed by atoms with Gasteiger partial charge < -0.3 is 9.80 Å². The number of piperazine rings is 1. The molecule has 0 spiro atoms. The van der Waals surface area contributed by atoms with Crippen molar-refractivity contribution in [2.45, 2.75) is 68.5 Å². The lowest BCUT2D eigenvalue weighted by molar-refractivity contribution is -0.186. The molecule has 2 aliphatic rings. The number of nitrogens with zero attached hydrogens (tertiary/aromatic N) is 2. The molecule has 11 heteroatoms. The number of halogens is 3. The molecule has 178 valence electrons. The molecule has 0 aromatic heterocycles. The maximum Gasteiger partial charge on any atom is 0.471 e. The molecule has 0 radical (unpaired) electrons. The van der Waals surface area contributed by atoms with E-state index in [1.165, 1.54) is 42.0 Å². The number of sulfonamides is 1. The molecule has 1 heterocycles. The first-order valence-corrected chi connectivity index (χ1v) is 12.3. The zero-order valence-corrected chi connectivity index (χ0v) is 18.6. The van der Waals surface area contributed by atoms with Crippen LogP contribution < -0.4 is 9.62 Å². The van der Waals surface area contributed by atoms with Gasteiger partial charge in [-0.05, 0) is 37.1 Å². The van der Waals surface area contributed by atoms with Gasteiger partial charge in [-0.2, -0.15) is 13.2 Å². The number of alkyl halides is 3. The lowest BCUT2D eigenvalue weighted by Crippen LogP contribution is -2.55. The molecule has 1 N–H and O–H groups in total. The second-order valence-electron chi connectivity index (χ2n) is 8.28. The van der Waals surface area contributed by atoms with E-state index in [9.17, 15) is 31.2 Å². The summed E-state index contributed by atoms with van der Waals surface area (Å²) in [7, 11) is -3.73. The number of nitrogens with one attached hydrogen (secondary N) is 1. The Morgan fingerprint density at radius 3 is 2.03 bits per heavy atom. The van der Waals surface area contributed by atoms with Crippen LogP contribution in [0.4, 0.5) is 18.9 Å². The van der Waals surface area contributed by atoms with Crippen molar-refractivity contribution in [3.05, 3.63) is 24.3 Å². The molecule has 7 nitrogen and oxygen atoms in total. The maximum atomic E-state index is 12.8. The van der Waals surface area contributed by atoms with Crippen LogP contribution in [0.3, 0.4) is 0 Å². The standard InChI is InChI=1S/C21H28F3N3O4S/c22-21(23,24)20(29)26-13-14-27(19(28)15-26)17-9-11-18(12-10-17)32(30,31)25-16-7-5-3-1-2-4-6-8-16/h9-12,16,25H,1-8,13-15H2. The third-order valence-corrected chi connectivity index (χ3v) is 7.42. The van der Waals surface area contributed by atoms with Gasteiger partial charge in [-0.3, -0.25) is 9.59 Å². The van der Waals surface area contributed by atoms with Crippen molar-refractivity contribution in [3.63, 3.8) is 0 Å². The Morgan fingerprint density at radius 1 is 0.938 bits per heavy atom. The summed E-state index contributed by atoms with van der Waals surface area (Å²) in [4.78, 5) is 25.4. The Kier molecular flexibility index (Phi) is 7.81. The lowest BCUT2D eigenvalue weighted by atomic mass is 10.1. The molecule has 1 aromatic rings. The zero-order valence-electron chi connectivity index (χ0n) is 17.7. The van der Waals surface area contributed by atoms with Gasteiger partial charge >= 0.3 is 12.1 Å². The molecular weight excluding hydrogens is 447 g/mol. The highest BCUT2D eigenvalue weighted by atomic mass is 32.2. The summed E-state index contributed by atoms with van der Waals surface area (Å²) in [5.41, 5.74) is 0.371. The van der Waals surface area contributed by atoms with E-state index in [4.69, 9.17) is 0 Å². The molecule has 0 unspecified atom stereocenters. The van der Waals surface area contributed by atoms with Crippen molar-refractivity contribution >= 4 is 27.5 Å². The Hall–Kier alpha value is -2.14. The Bertz CT molecular complexity index is 909. The monoisotopic (exact) mass is 475 g/mol. The fourth-order valence-corrected chi connectivity index (χ4v) is 5.45. The van der Waals surface area contributed by atoms with Gasteiger partial charge in [-0.1, -0.05) is 38.5 Å². The van der Waals surface area contributed by atoms with E-state index < -0.39 is 34.6 Å². The normalized spacial score (nSPS) is 19.9. The van der Waals surface area contributed by atoms with Gasteiger partial charge in [0, 0.05) is 24.8 Å². The molecule has 1 saturated carbocycles. The van der Waals surface area contributed by atoms with Gasteiger partial charge in [0.1, 0.15) is 6.54 Å². The first-order chi connectivity index (χ1) is 15.1. The minimum Gasteiger partial charge on any atom is -0.324 e. The van der Waals surface area contributed by atoms with Crippen molar-refractivity contribution < 1.29 is 31.2 Å². The van der Waals surface area contributed by atoms with Crippen LogP contribution in [0.15, 0.2) is 29.2 Å². The molecular formula is C21H28F3N3O4S. The fraction of sp³-hybridized carbons (Fsp3) is 0.619. The number of hydrogen-bond acceptors (Lipinski definition) is 4. The van der Waals surface area contributed by atoms with Gasteiger partial charge in [0.25, 0.3) is 0 Å². The second kappa shape index (κ2) is 10.2. The number of carbonyl (C=O) groups is 2. The summed E-state index contributed by atoms with van der Waals surface area (Å²) in [6, 6.07) is 5.56. The molecule has 0 bridgehead atoms. The first kappa shape index (κ1) is 24.5. The molecule has 1 aliphatic heterocycles. The van der Waals surface area contributed by atoms with Crippen LogP contribution in [0, 0.1) is 0 Å². The van der Waals surface area contributed by atoms with Crippen LogP contribution in [0.5, 0.6) is 0 Å². The van der Waals surface area contributed by atoms with Crippen molar-refractivity contribution in [2.24, 2.45) is 0 Å². The summed E-state index contributed by atoms with van der Waals surface area (Å²) >= 11 is 0. The fourth-order valence-electron chi connectivity index (χ4n) is 4.14. The zero-order chi connectivity index (χ0) is 23.4. The summed E-state index contributed by atoms with van der Waals surface area (Å²) in [5.74, 6) is -2.70. The smallest absolute Gasteiger partial charge is 0.324 e. The third-order valence-electron chi connectivity index (χ3n) is 5.89. The molecule has 2 amide bonds. The highest BCUT2D eigenvalue weighted by molar-refractivity contribution is 7.89. The lowest BCUT2D eigenvalue weighted by Gasteiger charge is -2.34. The van der Waals surface area contributed by atoms with Crippen LogP contribution in [0.2, 0.25) is 0 Å². The molecule has 1 aromatic carbocycles. The van der Waals surface area contributed by atoms with E-state index in [1.54, 1.807) is 0 Å². The predicted molar refractivity (Wildman–Crippen MR) is 112 cm³/mol. The molecule has 3 rings (SSSR count). The van der Waals surface area contributed by atoms with Gasteiger partial charge in [0.05, 0.1) is 4.90 Å². The Morgan fingerprint density at radius 2 is 1.50 bits per heavy atom. The number of amides is 2. The van der Waals surface area contributed by atoms with E-state index in [-0.39, 0.29) is 24.0 Å². The summed E-state index contributed by atoms with van der Waals surface area (Å²) < 4.78 is 66.2. The van der Waals surface area contributed by atoms with Gasteiger partial charge in [-0.25, -0.2) is 13.1 Å². The predicted octanol–water partition coefficient (Wildman–Crippen LogP) is 3.21. The second-order valence-corrected chi connectivity index (χ2v) is 9.99. The highest BCUT2D eigenvalue weighted by Crippen LogP contribution is 2.24. The van der Waals surface area contributed by atoms with E-state index in [0.717, 1.165) is 38.5 Å². The third kappa shape index (κ3) is 6.22. The van der Waals surface area contributed by atoms with Crippen molar-refractivity contribution in [1.82, 2.24) is 9.62 Å². The van der Waals surface area contributed by atoms with Crippen molar-refractivity contribution in [3.8, 4) is 0 Å². The van der Waals surface area contributed by atoms with Crippen LogP contribution in [-0.4, -0.2) is 57.0 Å². The number of anilines is 1. The quantitative estimate of drug-likeness (QED) is 0.725. The molecule has 2 fully saturated rings. The Balaban J connectivity index is 1.64. The number of carbonyl (C=O) groups excluding carboxylic acids is 2. The van der Waals surface area contributed by atoms with Crippen LogP contribution in [0.1, 0.15) is 51.4 Å². The molecule has 32 heavy (non-hydrogen) atoms. The highest BCUT2D eigenvalue weighted by Gasteiger charge is 2.44. The van der Waals surface area contributed by atoms with Crippen LogP contribution in [-0.2, 0) is 19.6 Å². The van der Waals surface area contributed by atoms with E-state index >= 15 is 0 Å². The van der Waals surface area contributed by atoms with E-state index in [0.29, 0.717) is 10.6 Å². The van der Waals surface area contributed by atoms with Crippen LogP contribution >= 0.6 is 0 Å². The van der Waals surface area contributed by atoms with E-state index in [2.05, 4.69) is 4.72 Å². The number of hydrogen-bond donors (Lipinski definition) is 1. The average molecular weight is 476 g/mol. The van der Waals surface area contributed by atoms with Gasteiger partial charge in [0.2, 0.25) is 15.9 Å². The largest absolute Gasteiger partial charge is 0.471 e. The number of rotatable bonds is 4. The Labute approximate surface area is 186 Å². The summed E-state index contributed by atoms with van der Waals surface area (Å²) in [5, 5.41) is 0. The van der Waals surface area contributed by atoms with Gasteiger partial charge in [-0.15, -0.1) is 0 Å². The average Bonchev–Trinajstić information content (AvgIpc) is 2.86. The maximum absolute atomic E-state index is 12.8. The van der Waals surface area contributed by atoms with Gasteiger partial charge in [0.15, 0.2) is 0 Å². The summed E-state index contributed by atoms with van der Waals surface area (Å²) in [6.45, 7) is -1.04. The molecule has 0 atom stereocenters. The van der Waals surface area contributed by atoms with Crippen molar-refractivity contribution in [2.75, 3.05) is 24.5 Å². The van der Waals surface area contributed by atoms with Crippen molar-refractivity contribution in [1.29, 1.82) is 0 Å². The minimum absolute atomic E-state index is 0.0689. The van der Waals surface area contributed by atoms with E-state index in [1.807, 2.05) is 0 Å². The molecule has 1 aliphatic carbocycles. The topological polar surface area (TPSA) is 86.8 Å². The summed E-state index contributed by atoms with van der Waals surface area (Å²) in [6.07, 6.45) is 3.09. The number of benzene rings is 1. The SMILES string of the molecule is O=C1CN(C(=O)C(F)(F)F)CCN1c1ccc(S(=O)(=O)NC2CCCCCCCC2)cc1. The first-order valence-electron chi connectivity index (χ1n) is 10.9. The van der Waals surface area contributed by atoms with Crippen LogP contribution in [0.25, 0.3) is 0 Å². The molecule has 1 saturated heterocycles. The minimum atomic E-state index is -5.03.